The van der Waals surface area contributed by atoms with Crippen LogP contribution < -0.4 is 14.4 Å². The Morgan fingerprint density at radius 3 is 2.62 bits per heavy atom. The molecule has 2 saturated heterocycles. The largest absolute Gasteiger partial charge is 0.491 e. The number of morpholine rings is 1. The molecular formula is C40H54ClN3O7S. The molecule has 52 heavy (non-hydrogen) atoms. The first-order chi connectivity index (χ1) is 25.0. The maximum Gasteiger partial charge on any atom is 0.264 e. The minimum Gasteiger partial charge on any atom is -0.491 e. The zero-order chi connectivity index (χ0) is 36.5. The van der Waals surface area contributed by atoms with Crippen LogP contribution in [-0.4, -0.2) is 102 Å². The third-order valence-electron chi connectivity index (χ3n) is 12.3. The number of hydrogen-bond donors (Lipinski definition) is 1. The summed E-state index contributed by atoms with van der Waals surface area (Å²) in [5, 5.41) is -0.0444. The van der Waals surface area contributed by atoms with E-state index in [-0.39, 0.29) is 17.4 Å². The number of methoxy groups -OCH3 is 1. The molecule has 4 aliphatic heterocycles. The van der Waals surface area contributed by atoms with Crippen molar-refractivity contribution in [2.24, 2.45) is 17.8 Å². The average molecular weight is 756 g/mol. The van der Waals surface area contributed by atoms with Crippen LogP contribution in [0.2, 0.25) is 5.02 Å². The van der Waals surface area contributed by atoms with Crippen molar-refractivity contribution in [3.8, 4) is 5.75 Å². The molecule has 4 heterocycles. The van der Waals surface area contributed by atoms with E-state index in [4.69, 9.17) is 30.5 Å². The van der Waals surface area contributed by atoms with Crippen molar-refractivity contribution in [2.45, 2.75) is 75.2 Å². The summed E-state index contributed by atoms with van der Waals surface area (Å²) in [7, 11) is -2.14. The summed E-state index contributed by atoms with van der Waals surface area (Å²) >= 11 is 6.41. The van der Waals surface area contributed by atoms with Gasteiger partial charge in [0.25, 0.3) is 5.91 Å². The number of nitrogens with one attached hydrogen (secondary N) is 1. The van der Waals surface area contributed by atoms with Crippen molar-refractivity contribution in [3.05, 3.63) is 70.3 Å². The summed E-state index contributed by atoms with van der Waals surface area (Å²) in [6.45, 7) is 9.80. The summed E-state index contributed by atoms with van der Waals surface area (Å²) in [5.74, 6) is 0.395. The Labute approximate surface area is 314 Å². The lowest BCUT2D eigenvalue weighted by atomic mass is 9.63. The number of carbonyl (C=O) groups excluding carboxylic acids is 1. The van der Waals surface area contributed by atoms with Gasteiger partial charge in [-0.25, -0.2) is 13.1 Å². The zero-order valence-corrected chi connectivity index (χ0v) is 32.4. The number of rotatable bonds is 3. The van der Waals surface area contributed by atoms with Gasteiger partial charge in [-0.05, 0) is 105 Å². The fourth-order valence-corrected chi connectivity index (χ4v) is 10.2. The molecule has 0 radical (unpaired) electrons. The molecule has 1 saturated carbocycles. The van der Waals surface area contributed by atoms with Crippen molar-refractivity contribution in [3.63, 3.8) is 0 Å². The van der Waals surface area contributed by atoms with E-state index in [1.807, 2.05) is 32.2 Å². The van der Waals surface area contributed by atoms with Gasteiger partial charge in [0, 0.05) is 56.8 Å². The Hall–Kier alpha value is -2.67. The van der Waals surface area contributed by atoms with Crippen molar-refractivity contribution in [1.82, 2.24) is 9.62 Å². The van der Waals surface area contributed by atoms with Crippen molar-refractivity contribution >= 4 is 33.2 Å². The molecule has 0 aromatic heterocycles. The summed E-state index contributed by atoms with van der Waals surface area (Å²) in [6, 6.07) is 11.4. The number of nitrogens with zero attached hydrogens (tertiary/aromatic N) is 2. The first kappa shape index (κ1) is 37.6. The second-order valence-corrected chi connectivity index (χ2v) is 18.2. The van der Waals surface area contributed by atoms with Gasteiger partial charge in [-0.15, -0.1) is 0 Å². The van der Waals surface area contributed by atoms with Gasteiger partial charge in [0.05, 0.1) is 37.4 Å². The molecule has 2 bridgehead atoms. The number of benzene rings is 2. The van der Waals surface area contributed by atoms with Crippen LogP contribution in [0.25, 0.3) is 0 Å². The van der Waals surface area contributed by atoms with Crippen LogP contribution in [0.15, 0.2) is 48.6 Å². The number of amides is 1. The predicted molar refractivity (Wildman–Crippen MR) is 203 cm³/mol. The Morgan fingerprint density at radius 2 is 1.87 bits per heavy atom. The maximum absolute atomic E-state index is 13.6. The molecule has 2 aromatic carbocycles. The molecular weight excluding hydrogens is 702 g/mol. The van der Waals surface area contributed by atoms with Gasteiger partial charge in [-0.1, -0.05) is 36.7 Å². The molecule has 7 rings (SSSR count). The highest BCUT2D eigenvalue weighted by Crippen LogP contribution is 2.47. The van der Waals surface area contributed by atoms with Gasteiger partial charge < -0.3 is 23.8 Å². The number of ether oxygens (including phenoxy) is 4. The van der Waals surface area contributed by atoms with E-state index < -0.39 is 26.8 Å². The molecule has 10 nitrogen and oxygen atoms in total. The molecule has 0 unspecified atom stereocenters. The number of carbonyl (C=O) groups is 1. The molecule has 1 spiro atoms. The second-order valence-electron chi connectivity index (χ2n) is 15.7. The normalized spacial score (nSPS) is 31.6. The maximum atomic E-state index is 13.6. The highest BCUT2D eigenvalue weighted by Gasteiger charge is 2.50. The highest BCUT2D eigenvalue weighted by molar-refractivity contribution is 7.90. The monoisotopic (exact) mass is 755 g/mol. The van der Waals surface area contributed by atoms with Crippen LogP contribution in [0.5, 0.6) is 5.75 Å². The van der Waals surface area contributed by atoms with Gasteiger partial charge in [0.15, 0.2) is 0 Å². The Kier molecular flexibility index (Phi) is 11.3. The van der Waals surface area contributed by atoms with Crippen LogP contribution in [0.3, 0.4) is 0 Å². The minimum atomic E-state index is -3.96. The molecule has 1 aliphatic carbocycles. The number of allylic oxidation sites excluding steroid dienone is 1. The van der Waals surface area contributed by atoms with Crippen molar-refractivity contribution < 1.29 is 32.2 Å². The molecule has 3 fully saturated rings. The van der Waals surface area contributed by atoms with Crippen LogP contribution in [0, 0.1) is 17.8 Å². The van der Waals surface area contributed by atoms with Crippen LogP contribution in [0.4, 0.5) is 5.69 Å². The van der Waals surface area contributed by atoms with E-state index >= 15 is 0 Å². The lowest BCUT2D eigenvalue weighted by molar-refractivity contribution is -0.242. The standard InChI is InChI=1S/C40H54ClN3O7S/c1-28-7-6-16-40(48-3,25-43-18-20-51-39(24-43)26-49-27-39)35-13-10-33(35)23-44-17-5-4-8-31-21-34(41)12-9-30(31)15-19-50-37-14-11-32(22-36(37)44)38(45)42-52(46,47)29(28)2/h6,9,11-12,14,16,21-22,28-29,33,35H,4-5,7-8,10,13,15,17-20,23-27H2,1-3H3,(H,42,45)/b16-6+/t28-,29+,33-,35+,40+/m0/s1. The Bertz CT molecular complexity index is 1750. The quantitative estimate of drug-likeness (QED) is 0.398. The van der Waals surface area contributed by atoms with Crippen LogP contribution in [0.1, 0.15) is 67.4 Å². The molecule has 5 atom stereocenters. The number of fused-ring (bicyclic) bond motifs is 3. The van der Waals surface area contributed by atoms with E-state index in [1.165, 1.54) is 11.1 Å². The summed E-state index contributed by atoms with van der Waals surface area (Å²) in [4.78, 5) is 18.4. The van der Waals surface area contributed by atoms with E-state index in [0.29, 0.717) is 50.1 Å². The highest BCUT2D eigenvalue weighted by atomic mass is 35.5. The van der Waals surface area contributed by atoms with Crippen LogP contribution >= 0.6 is 11.6 Å². The molecule has 5 aliphatic rings. The van der Waals surface area contributed by atoms with E-state index in [0.717, 1.165) is 82.0 Å². The number of hydrogen-bond acceptors (Lipinski definition) is 9. The molecule has 1 N–H and O–H groups in total. The van der Waals surface area contributed by atoms with Crippen LogP contribution in [-0.2, 0) is 37.1 Å². The van der Waals surface area contributed by atoms with Crippen molar-refractivity contribution in [1.29, 1.82) is 0 Å². The van der Waals surface area contributed by atoms with E-state index in [2.05, 4.69) is 38.8 Å². The predicted octanol–water partition coefficient (Wildman–Crippen LogP) is 5.66. The average Bonchev–Trinajstić information content (AvgIpc) is 3.09. The van der Waals surface area contributed by atoms with Gasteiger partial charge in [-0.3, -0.25) is 9.69 Å². The summed E-state index contributed by atoms with van der Waals surface area (Å²) in [5.41, 5.74) is 2.79. The van der Waals surface area contributed by atoms with Gasteiger partial charge in [-0.2, -0.15) is 0 Å². The Morgan fingerprint density at radius 1 is 1.02 bits per heavy atom. The Balaban J connectivity index is 1.25. The van der Waals surface area contributed by atoms with Gasteiger partial charge in [0.2, 0.25) is 10.0 Å². The summed E-state index contributed by atoms with van der Waals surface area (Å²) in [6.07, 6.45) is 10.5. The number of sulfonamides is 1. The molecule has 12 heteroatoms. The minimum absolute atomic E-state index is 0.235. The van der Waals surface area contributed by atoms with Gasteiger partial charge in [0.1, 0.15) is 17.0 Å². The smallest absolute Gasteiger partial charge is 0.264 e. The fraction of sp³-hybridized carbons (Fsp3) is 0.625. The number of aryl methyl sites for hydroxylation is 1. The first-order valence-electron chi connectivity index (χ1n) is 19.0. The molecule has 2 aromatic rings. The topological polar surface area (TPSA) is 107 Å². The number of halogens is 1. The molecule has 284 valence electrons. The second kappa shape index (κ2) is 15.6. The fourth-order valence-electron chi connectivity index (χ4n) is 8.76. The van der Waals surface area contributed by atoms with E-state index in [1.54, 1.807) is 13.0 Å². The first-order valence-corrected chi connectivity index (χ1v) is 20.9. The zero-order valence-electron chi connectivity index (χ0n) is 30.8. The third kappa shape index (κ3) is 7.91. The van der Waals surface area contributed by atoms with Crippen molar-refractivity contribution in [2.75, 3.05) is 71.2 Å². The van der Waals surface area contributed by atoms with Gasteiger partial charge >= 0.3 is 0 Å². The lowest BCUT2D eigenvalue weighted by Gasteiger charge is -2.53. The lowest BCUT2D eigenvalue weighted by Crippen LogP contribution is -2.65. The SMILES string of the molecule is CO[C@@]1(CN2CCOC3(COC3)C2)/C=C/C[C@H](C)[C@@H](C)S(=O)(=O)NC(=O)c2ccc3c(c2)N(CCCCc2cc(Cl)ccc2CCO3)C[C@@H]2CC[C@H]21. The number of anilines is 1. The third-order valence-corrected chi connectivity index (χ3v) is 14.5. The van der Waals surface area contributed by atoms with E-state index in [9.17, 15) is 13.2 Å². The summed E-state index contributed by atoms with van der Waals surface area (Å²) < 4.78 is 54.4. The molecule has 1 amide bonds.